The second kappa shape index (κ2) is 8.68. The van der Waals surface area contributed by atoms with Crippen LogP contribution in [0.1, 0.15) is 54.7 Å². The summed E-state index contributed by atoms with van der Waals surface area (Å²) in [5, 5.41) is 8.48. The molecule has 32 heavy (non-hydrogen) atoms. The fraction of sp³-hybridized carbons (Fsp3) is 0.652. The van der Waals surface area contributed by atoms with Gasteiger partial charge >= 0.3 is 0 Å². The molecule has 5 rings (SSSR count). The van der Waals surface area contributed by atoms with Crippen LogP contribution in [0.2, 0.25) is 0 Å². The van der Waals surface area contributed by atoms with Crippen molar-refractivity contribution in [2.75, 3.05) is 39.4 Å². The largest absolute Gasteiger partial charge is 0.379 e. The number of carbonyl (C=O) groups excluding carboxylic acids is 1. The van der Waals surface area contributed by atoms with Gasteiger partial charge in [-0.25, -0.2) is 14.5 Å². The molecular weight excluding hydrogens is 424 g/mol. The predicted octanol–water partition coefficient (Wildman–Crippen LogP) is 2.94. The van der Waals surface area contributed by atoms with E-state index in [0.29, 0.717) is 17.9 Å². The van der Waals surface area contributed by atoms with Crippen LogP contribution in [0.15, 0.2) is 6.33 Å². The number of nitrogens with zero attached hydrogens (tertiary/aromatic N) is 5. The van der Waals surface area contributed by atoms with E-state index in [-0.39, 0.29) is 11.7 Å². The number of hydrogen-bond donors (Lipinski definition) is 1. The van der Waals surface area contributed by atoms with Gasteiger partial charge in [-0.3, -0.25) is 9.69 Å². The Morgan fingerprint density at radius 2 is 2.12 bits per heavy atom. The van der Waals surface area contributed by atoms with E-state index < -0.39 is 0 Å². The number of thiophene rings is 1. The van der Waals surface area contributed by atoms with Crippen LogP contribution in [0.5, 0.6) is 0 Å². The summed E-state index contributed by atoms with van der Waals surface area (Å²) >= 11 is 1.78. The van der Waals surface area contributed by atoms with Crippen molar-refractivity contribution in [3.8, 4) is 0 Å². The summed E-state index contributed by atoms with van der Waals surface area (Å²) in [5.74, 6) is 0.672. The highest BCUT2D eigenvalue weighted by Gasteiger charge is 2.32. The van der Waals surface area contributed by atoms with E-state index in [1.165, 1.54) is 16.9 Å². The number of rotatable bonds is 5. The third kappa shape index (κ3) is 4.25. The molecule has 9 heteroatoms. The van der Waals surface area contributed by atoms with Gasteiger partial charge in [-0.15, -0.1) is 16.4 Å². The molecule has 0 unspecified atom stereocenters. The summed E-state index contributed by atoms with van der Waals surface area (Å²) in [6.07, 6.45) is 5.89. The van der Waals surface area contributed by atoms with Crippen LogP contribution >= 0.6 is 11.3 Å². The van der Waals surface area contributed by atoms with E-state index in [0.717, 1.165) is 68.0 Å². The number of amides is 1. The average molecular weight is 457 g/mol. The molecule has 0 spiro atoms. The Morgan fingerprint density at radius 1 is 1.31 bits per heavy atom. The second-order valence-corrected chi connectivity index (χ2v) is 11.1. The van der Waals surface area contributed by atoms with E-state index in [9.17, 15) is 4.79 Å². The zero-order valence-corrected chi connectivity index (χ0v) is 20.0. The van der Waals surface area contributed by atoms with Crippen molar-refractivity contribution in [1.29, 1.82) is 0 Å². The zero-order valence-electron chi connectivity index (χ0n) is 19.2. The first-order chi connectivity index (χ1) is 15.4. The minimum atomic E-state index is -0.222. The number of morpholine rings is 1. The Bertz CT molecular complexity index is 1130. The first-order valence-electron chi connectivity index (χ1n) is 11.6. The maximum absolute atomic E-state index is 12.7. The van der Waals surface area contributed by atoms with Crippen molar-refractivity contribution in [2.45, 2.75) is 46.5 Å². The molecule has 1 aliphatic heterocycles. The molecule has 1 saturated heterocycles. The van der Waals surface area contributed by atoms with Crippen LogP contribution in [-0.4, -0.2) is 69.8 Å². The van der Waals surface area contributed by atoms with Crippen molar-refractivity contribution in [3.63, 3.8) is 0 Å². The van der Waals surface area contributed by atoms with E-state index in [1.807, 2.05) is 0 Å². The molecule has 1 aliphatic carbocycles. The van der Waals surface area contributed by atoms with Gasteiger partial charge in [-0.1, -0.05) is 20.8 Å². The SMILES string of the molecule is CC(C)(C)[C@H]1CCc2c(sc3ncn4nc(C(=O)NCCCN5CCOCC5)nc4c23)C1. The van der Waals surface area contributed by atoms with Crippen LogP contribution in [-0.2, 0) is 17.6 Å². The molecule has 0 saturated carbocycles. The number of hydrogen-bond acceptors (Lipinski definition) is 7. The van der Waals surface area contributed by atoms with Crippen molar-refractivity contribution in [2.24, 2.45) is 11.3 Å². The Morgan fingerprint density at radius 3 is 2.91 bits per heavy atom. The molecule has 3 aromatic heterocycles. The van der Waals surface area contributed by atoms with E-state index >= 15 is 0 Å². The molecule has 8 nitrogen and oxygen atoms in total. The molecule has 172 valence electrons. The first kappa shape index (κ1) is 21.7. The Kier molecular flexibility index (Phi) is 5.90. The lowest BCUT2D eigenvalue weighted by Crippen LogP contribution is -2.38. The predicted molar refractivity (Wildman–Crippen MR) is 125 cm³/mol. The number of ether oxygens (including phenoxy) is 1. The lowest BCUT2D eigenvalue weighted by Gasteiger charge is -2.33. The molecule has 0 aromatic carbocycles. The lowest BCUT2D eigenvalue weighted by molar-refractivity contribution is 0.0374. The van der Waals surface area contributed by atoms with Crippen LogP contribution in [0.3, 0.4) is 0 Å². The minimum absolute atomic E-state index is 0.217. The molecule has 0 bridgehead atoms. The average Bonchev–Trinajstić information content (AvgIpc) is 3.37. The summed E-state index contributed by atoms with van der Waals surface area (Å²) in [5.41, 5.74) is 2.41. The molecule has 1 atom stereocenters. The molecular formula is C23H32N6O2S. The maximum atomic E-state index is 12.7. The quantitative estimate of drug-likeness (QED) is 0.594. The summed E-state index contributed by atoms with van der Waals surface area (Å²) in [7, 11) is 0. The van der Waals surface area contributed by atoms with Gasteiger partial charge in [0, 0.05) is 24.5 Å². The second-order valence-electron chi connectivity index (χ2n) is 10.0. The monoisotopic (exact) mass is 456 g/mol. The van der Waals surface area contributed by atoms with Gasteiger partial charge in [-0.05, 0) is 49.1 Å². The molecule has 1 N–H and O–H groups in total. The van der Waals surface area contributed by atoms with Crippen molar-refractivity contribution < 1.29 is 9.53 Å². The van der Waals surface area contributed by atoms with Gasteiger partial charge in [0.25, 0.3) is 5.91 Å². The summed E-state index contributed by atoms with van der Waals surface area (Å²) in [4.78, 5) is 26.7. The van der Waals surface area contributed by atoms with Crippen molar-refractivity contribution in [3.05, 3.63) is 22.6 Å². The highest BCUT2D eigenvalue weighted by molar-refractivity contribution is 7.19. The number of fused-ring (bicyclic) bond motifs is 5. The highest BCUT2D eigenvalue weighted by atomic mass is 32.1. The van der Waals surface area contributed by atoms with Crippen molar-refractivity contribution in [1.82, 2.24) is 29.8 Å². The number of aromatic nitrogens is 4. The fourth-order valence-electron chi connectivity index (χ4n) is 4.82. The molecule has 3 aromatic rings. The van der Waals surface area contributed by atoms with Gasteiger partial charge in [0.05, 0.1) is 18.6 Å². The topological polar surface area (TPSA) is 84.7 Å². The Balaban J connectivity index is 1.31. The van der Waals surface area contributed by atoms with E-state index in [2.05, 4.69) is 46.1 Å². The van der Waals surface area contributed by atoms with Gasteiger partial charge < -0.3 is 10.1 Å². The van der Waals surface area contributed by atoms with Crippen LogP contribution in [0.25, 0.3) is 15.9 Å². The number of aryl methyl sites for hydroxylation is 1. The Hall–Kier alpha value is -2.10. The van der Waals surface area contributed by atoms with Crippen LogP contribution in [0, 0.1) is 11.3 Å². The summed E-state index contributed by atoms with van der Waals surface area (Å²) < 4.78 is 7.04. The number of carbonyl (C=O) groups is 1. The van der Waals surface area contributed by atoms with Gasteiger partial charge in [0.15, 0.2) is 5.65 Å². The van der Waals surface area contributed by atoms with Gasteiger partial charge in [0.1, 0.15) is 11.2 Å². The summed E-state index contributed by atoms with van der Waals surface area (Å²) in [6, 6.07) is 0. The molecule has 1 amide bonds. The minimum Gasteiger partial charge on any atom is -0.379 e. The lowest BCUT2D eigenvalue weighted by atomic mass is 9.72. The Labute approximate surface area is 192 Å². The smallest absolute Gasteiger partial charge is 0.290 e. The third-order valence-corrected chi connectivity index (χ3v) is 8.02. The first-order valence-corrected chi connectivity index (χ1v) is 12.5. The van der Waals surface area contributed by atoms with Crippen LogP contribution in [0.4, 0.5) is 0 Å². The normalized spacial score (nSPS) is 20.0. The fourth-order valence-corrected chi connectivity index (χ4v) is 6.08. The zero-order chi connectivity index (χ0) is 22.3. The van der Waals surface area contributed by atoms with Crippen LogP contribution < -0.4 is 5.32 Å². The number of nitrogens with one attached hydrogen (secondary N) is 1. The van der Waals surface area contributed by atoms with Crippen molar-refractivity contribution >= 4 is 33.1 Å². The molecule has 0 radical (unpaired) electrons. The standard InChI is InChI=1S/C23H32N6O2S/c1-23(2,3)15-5-6-16-17(13-15)32-22-18(16)20-26-19(27-29(20)14-25-22)21(30)24-7-4-8-28-9-11-31-12-10-28/h14-15H,4-13H2,1-3H3,(H,24,30)/t15-/m0/s1. The van der Waals surface area contributed by atoms with Gasteiger partial charge in [0.2, 0.25) is 5.82 Å². The molecule has 4 heterocycles. The van der Waals surface area contributed by atoms with E-state index in [1.54, 1.807) is 22.2 Å². The maximum Gasteiger partial charge on any atom is 0.290 e. The summed E-state index contributed by atoms with van der Waals surface area (Å²) in [6.45, 7) is 12.1. The molecule has 2 aliphatic rings. The third-order valence-electron chi connectivity index (χ3n) is 6.85. The van der Waals surface area contributed by atoms with Gasteiger partial charge in [-0.2, -0.15) is 0 Å². The molecule has 1 fully saturated rings. The highest BCUT2D eigenvalue weighted by Crippen LogP contribution is 2.43. The van der Waals surface area contributed by atoms with E-state index in [4.69, 9.17) is 4.74 Å².